The van der Waals surface area contributed by atoms with Crippen molar-refractivity contribution in [3.05, 3.63) is 0 Å². The molecule has 7 heteroatoms. The Bertz CT molecular complexity index is 153. The summed E-state index contributed by atoms with van der Waals surface area (Å²) in [4.78, 5) is 20.3. The lowest BCUT2D eigenvalue weighted by atomic mass is 10.5. The van der Waals surface area contributed by atoms with E-state index < -0.39 is 6.09 Å². The van der Waals surface area contributed by atoms with E-state index in [0.29, 0.717) is 0 Å². The van der Waals surface area contributed by atoms with E-state index in [2.05, 4.69) is 10.6 Å². The highest BCUT2D eigenvalue weighted by molar-refractivity contribution is 5.85. The molecule has 12 heavy (non-hydrogen) atoms. The molecule has 0 aromatic heterocycles. The number of halogens is 1. The van der Waals surface area contributed by atoms with Gasteiger partial charge in [-0.1, -0.05) is 0 Å². The molecule has 0 aliphatic rings. The molecule has 0 spiro atoms. The summed E-state index contributed by atoms with van der Waals surface area (Å²) in [6, 6.07) is 0. The number of carbonyl (C=O) groups excluding carboxylic acids is 1. The average molecular weight is 198 g/mol. The first-order valence-corrected chi connectivity index (χ1v) is 3.10. The number of rotatable bonds is 4. The summed E-state index contributed by atoms with van der Waals surface area (Å²) in [6.45, 7) is 0.385. The Morgan fingerprint density at radius 3 is 2.17 bits per heavy atom. The third kappa shape index (κ3) is 8.99. The molecular formula is C5H12ClN3O3. The summed E-state index contributed by atoms with van der Waals surface area (Å²) in [5.41, 5.74) is 4.97. The summed E-state index contributed by atoms with van der Waals surface area (Å²) in [5, 5.41) is 12.6. The Morgan fingerprint density at radius 2 is 1.75 bits per heavy atom. The smallest absolute Gasteiger partial charge is 0.404 e. The zero-order valence-corrected chi connectivity index (χ0v) is 7.19. The van der Waals surface area contributed by atoms with Crippen molar-refractivity contribution in [1.82, 2.24) is 10.6 Å². The maximum atomic E-state index is 10.4. The van der Waals surface area contributed by atoms with Crippen LogP contribution in [-0.4, -0.2) is 36.7 Å². The number of carboxylic acid groups (broad SMARTS) is 1. The van der Waals surface area contributed by atoms with E-state index in [1.54, 1.807) is 0 Å². The Balaban J connectivity index is 0. The number of carbonyl (C=O) groups is 2. The molecular weight excluding hydrogens is 186 g/mol. The van der Waals surface area contributed by atoms with Gasteiger partial charge in [-0.05, 0) is 0 Å². The molecule has 0 bridgehead atoms. The topological polar surface area (TPSA) is 104 Å². The Labute approximate surface area is 75.9 Å². The van der Waals surface area contributed by atoms with Gasteiger partial charge in [0.25, 0.3) is 0 Å². The molecule has 0 aliphatic carbocycles. The summed E-state index contributed by atoms with van der Waals surface area (Å²) in [7, 11) is 0. The number of nitrogens with two attached hydrogens (primary N) is 1. The van der Waals surface area contributed by atoms with Gasteiger partial charge in [-0.2, -0.15) is 0 Å². The lowest BCUT2D eigenvalue weighted by Gasteiger charge is -2.01. The van der Waals surface area contributed by atoms with E-state index in [4.69, 9.17) is 10.8 Å². The molecule has 0 saturated heterocycles. The van der Waals surface area contributed by atoms with Crippen LogP contribution in [0.25, 0.3) is 0 Å². The molecule has 0 fully saturated rings. The molecule has 0 heterocycles. The van der Waals surface area contributed by atoms with Crippen LogP contribution in [0.4, 0.5) is 4.79 Å². The second-order valence-electron chi connectivity index (χ2n) is 1.79. The van der Waals surface area contributed by atoms with Gasteiger partial charge in [0.05, 0.1) is 6.54 Å². The van der Waals surface area contributed by atoms with Gasteiger partial charge >= 0.3 is 6.09 Å². The van der Waals surface area contributed by atoms with E-state index in [1.165, 1.54) is 0 Å². The molecule has 0 aliphatic heterocycles. The number of hydrogen-bond donors (Lipinski definition) is 4. The van der Waals surface area contributed by atoms with E-state index in [-0.39, 0.29) is 37.9 Å². The van der Waals surface area contributed by atoms with Crippen molar-refractivity contribution in [1.29, 1.82) is 0 Å². The van der Waals surface area contributed by atoms with Crippen molar-refractivity contribution in [2.45, 2.75) is 0 Å². The third-order valence-corrected chi connectivity index (χ3v) is 0.909. The van der Waals surface area contributed by atoms with Crippen molar-refractivity contribution in [3.63, 3.8) is 0 Å². The van der Waals surface area contributed by atoms with Crippen LogP contribution in [0.1, 0.15) is 0 Å². The highest BCUT2D eigenvalue weighted by Gasteiger charge is 1.96. The monoisotopic (exact) mass is 197 g/mol. The van der Waals surface area contributed by atoms with Crippen LogP contribution in [0.15, 0.2) is 0 Å². The van der Waals surface area contributed by atoms with Crippen molar-refractivity contribution in [3.8, 4) is 0 Å². The molecule has 0 unspecified atom stereocenters. The molecule has 0 saturated carbocycles. The molecule has 2 amide bonds. The van der Waals surface area contributed by atoms with Gasteiger partial charge in [-0.3, -0.25) is 4.79 Å². The van der Waals surface area contributed by atoms with Crippen LogP contribution < -0.4 is 16.4 Å². The van der Waals surface area contributed by atoms with Crippen LogP contribution in [0, 0.1) is 0 Å². The summed E-state index contributed by atoms with van der Waals surface area (Å²) >= 11 is 0. The lowest BCUT2D eigenvalue weighted by molar-refractivity contribution is -0.119. The van der Waals surface area contributed by atoms with Crippen molar-refractivity contribution in [2.75, 3.05) is 19.6 Å². The average Bonchev–Trinajstić information content (AvgIpc) is 1.97. The first-order chi connectivity index (χ1) is 5.16. The van der Waals surface area contributed by atoms with Crippen LogP contribution in [0.3, 0.4) is 0 Å². The van der Waals surface area contributed by atoms with Gasteiger partial charge in [0.15, 0.2) is 0 Å². The van der Waals surface area contributed by atoms with Crippen molar-refractivity contribution < 1.29 is 14.7 Å². The van der Waals surface area contributed by atoms with Gasteiger partial charge < -0.3 is 21.5 Å². The highest BCUT2D eigenvalue weighted by Crippen LogP contribution is 1.62. The molecule has 6 nitrogen and oxygen atoms in total. The molecule has 0 radical (unpaired) electrons. The first kappa shape index (κ1) is 13.6. The Hall–Kier alpha value is -1.01. The maximum Gasteiger partial charge on any atom is 0.404 e. The second kappa shape index (κ2) is 8.09. The molecule has 5 N–H and O–H groups in total. The molecule has 0 aromatic carbocycles. The van der Waals surface area contributed by atoms with Gasteiger partial charge in [0.1, 0.15) is 0 Å². The first-order valence-electron chi connectivity index (χ1n) is 3.10. The predicted molar refractivity (Wildman–Crippen MR) is 45.3 cm³/mol. The summed E-state index contributed by atoms with van der Waals surface area (Å²) in [6.07, 6.45) is -1.10. The number of hydrogen-bond acceptors (Lipinski definition) is 3. The van der Waals surface area contributed by atoms with Crippen LogP contribution in [-0.2, 0) is 4.79 Å². The van der Waals surface area contributed by atoms with E-state index in [9.17, 15) is 9.59 Å². The number of amides is 2. The predicted octanol–water partition coefficient (Wildman–Crippen LogP) is -1.25. The highest BCUT2D eigenvalue weighted by atomic mass is 35.5. The second-order valence-corrected chi connectivity index (χ2v) is 1.79. The van der Waals surface area contributed by atoms with Gasteiger partial charge in [0, 0.05) is 13.1 Å². The molecule has 72 valence electrons. The Morgan fingerprint density at radius 1 is 1.25 bits per heavy atom. The fraction of sp³-hybridized carbons (Fsp3) is 0.600. The van der Waals surface area contributed by atoms with E-state index in [0.717, 1.165) is 0 Å². The van der Waals surface area contributed by atoms with Gasteiger partial charge in [-0.25, -0.2) is 4.79 Å². The minimum absolute atomic E-state index is 0. The zero-order chi connectivity index (χ0) is 8.69. The molecule has 0 atom stereocenters. The fourth-order valence-corrected chi connectivity index (χ4v) is 0.444. The van der Waals surface area contributed by atoms with Crippen molar-refractivity contribution in [2.24, 2.45) is 5.73 Å². The van der Waals surface area contributed by atoms with Crippen LogP contribution >= 0.6 is 12.4 Å². The minimum Gasteiger partial charge on any atom is -0.465 e. The largest absolute Gasteiger partial charge is 0.465 e. The van der Waals surface area contributed by atoms with Crippen LogP contribution in [0.2, 0.25) is 0 Å². The van der Waals surface area contributed by atoms with Gasteiger partial charge in [-0.15, -0.1) is 12.4 Å². The Kier molecular flexibility index (Phi) is 9.15. The fourth-order valence-electron chi connectivity index (χ4n) is 0.444. The standard InChI is InChI=1S/C5H11N3O3.ClH/c6-3-4(9)7-1-2-8-5(10)11;/h8H,1-3,6H2,(H,7,9)(H,10,11);1H. The maximum absolute atomic E-state index is 10.4. The minimum atomic E-state index is -1.10. The molecule has 0 rings (SSSR count). The normalized spacial score (nSPS) is 8.08. The lowest BCUT2D eigenvalue weighted by Crippen LogP contribution is -2.36. The summed E-state index contributed by atoms with van der Waals surface area (Å²) in [5.74, 6) is -0.294. The summed E-state index contributed by atoms with van der Waals surface area (Å²) < 4.78 is 0. The number of nitrogens with one attached hydrogen (secondary N) is 2. The van der Waals surface area contributed by atoms with E-state index >= 15 is 0 Å². The van der Waals surface area contributed by atoms with E-state index in [1.807, 2.05) is 0 Å². The zero-order valence-electron chi connectivity index (χ0n) is 6.37. The SMILES string of the molecule is Cl.NCC(=O)NCCNC(=O)O. The molecule has 0 aromatic rings. The third-order valence-electron chi connectivity index (χ3n) is 0.909. The van der Waals surface area contributed by atoms with Crippen LogP contribution in [0.5, 0.6) is 0 Å². The quantitative estimate of drug-likeness (QED) is 0.423. The van der Waals surface area contributed by atoms with Crippen molar-refractivity contribution >= 4 is 24.4 Å². The van der Waals surface area contributed by atoms with Gasteiger partial charge in [0.2, 0.25) is 5.91 Å².